The zero-order valence-corrected chi connectivity index (χ0v) is 23.0. The first-order valence-electron chi connectivity index (χ1n) is 11.9. The van der Waals surface area contributed by atoms with Crippen LogP contribution >= 0.6 is 34.4 Å². The fourth-order valence-electron chi connectivity index (χ4n) is 4.18. The van der Waals surface area contributed by atoms with Gasteiger partial charge in [-0.1, -0.05) is 11.3 Å². The van der Waals surface area contributed by atoms with Crippen LogP contribution in [-0.2, 0) is 33.7 Å². The summed E-state index contributed by atoms with van der Waals surface area (Å²) in [6.07, 6.45) is 3.84. The number of anilines is 1. The number of hydrogen-bond donors (Lipinski definition) is 1. The van der Waals surface area contributed by atoms with Crippen molar-refractivity contribution in [2.24, 2.45) is 4.99 Å². The third-order valence-electron chi connectivity index (χ3n) is 5.79. The maximum absolute atomic E-state index is 12.6. The van der Waals surface area contributed by atoms with Gasteiger partial charge in [0.25, 0.3) is 5.91 Å². The Hall–Kier alpha value is -2.63. The molecule has 0 saturated carbocycles. The van der Waals surface area contributed by atoms with Crippen LogP contribution in [-0.4, -0.2) is 47.6 Å². The van der Waals surface area contributed by atoms with Crippen LogP contribution in [0.3, 0.4) is 0 Å². The molecule has 192 valence electrons. The van der Waals surface area contributed by atoms with E-state index in [2.05, 4.69) is 10.3 Å². The normalized spacial score (nSPS) is 13.5. The lowest BCUT2D eigenvalue weighted by Crippen LogP contribution is -2.19. The van der Waals surface area contributed by atoms with E-state index in [1.54, 1.807) is 14.0 Å². The predicted molar refractivity (Wildman–Crippen MR) is 145 cm³/mol. The zero-order valence-electron chi connectivity index (χ0n) is 20.5. The summed E-state index contributed by atoms with van der Waals surface area (Å²) < 4.78 is 13.5. The summed E-state index contributed by atoms with van der Waals surface area (Å²) >= 11 is 4.09. The number of nitrogens with zero attached hydrogens (tertiary/aromatic N) is 2. The van der Waals surface area contributed by atoms with Gasteiger partial charge in [-0.25, -0.2) is 4.79 Å². The van der Waals surface area contributed by atoms with Crippen LogP contribution in [0.4, 0.5) is 5.00 Å². The Bertz CT molecular complexity index is 1350. The highest BCUT2D eigenvalue weighted by Gasteiger charge is 2.27. The first-order valence-corrected chi connectivity index (χ1v) is 14.7. The minimum Gasteiger partial charge on any atom is -0.497 e. The number of fused-ring (bicyclic) bond motifs is 2. The molecule has 0 radical (unpaired) electrons. The van der Waals surface area contributed by atoms with Gasteiger partial charge in [-0.05, 0) is 63.3 Å². The van der Waals surface area contributed by atoms with E-state index in [4.69, 9.17) is 9.47 Å². The number of rotatable bonds is 9. The molecule has 1 aliphatic carbocycles. The highest BCUT2D eigenvalue weighted by Crippen LogP contribution is 2.38. The molecular formula is C25H29N3O5S3. The molecule has 2 aromatic heterocycles. The lowest BCUT2D eigenvalue weighted by atomic mass is 9.95. The van der Waals surface area contributed by atoms with Gasteiger partial charge in [-0.15, -0.1) is 23.1 Å². The molecule has 0 spiro atoms. The highest BCUT2D eigenvalue weighted by atomic mass is 32.2. The van der Waals surface area contributed by atoms with Gasteiger partial charge in [-0.3, -0.25) is 9.59 Å². The summed E-state index contributed by atoms with van der Waals surface area (Å²) in [6.45, 7) is 4.74. The summed E-state index contributed by atoms with van der Waals surface area (Å²) in [5, 5.41) is 3.43. The molecule has 0 atom stereocenters. The Labute approximate surface area is 221 Å². The van der Waals surface area contributed by atoms with E-state index in [0.717, 1.165) is 52.1 Å². The largest absolute Gasteiger partial charge is 0.497 e. The van der Waals surface area contributed by atoms with Crippen molar-refractivity contribution in [1.82, 2.24) is 4.57 Å². The van der Waals surface area contributed by atoms with Gasteiger partial charge in [0.05, 0.1) is 41.0 Å². The fourth-order valence-corrected chi connectivity index (χ4v) is 7.21. The van der Waals surface area contributed by atoms with Gasteiger partial charge < -0.3 is 19.4 Å². The van der Waals surface area contributed by atoms with E-state index in [1.165, 1.54) is 34.4 Å². The number of carbonyl (C=O) groups is 3. The van der Waals surface area contributed by atoms with Crippen molar-refractivity contribution in [1.29, 1.82) is 0 Å². The summed E-state index contributed by atoms with van der Waals surface area (Å²) in [5.74, 6) is -0.0193. The third kappa shape index (κ3) is 5.84. The van der Waals surface area contributed by atoms with Crippen LogP contribution in [0.2, 0.25) is 0 Å². The topological polar surface area (TPSA) is 99.0 Å². The second-order valence-corrected chi connectivity index (χ2v) is 11.2. The number of amides is 2. The Morgan fingerprint density at radius 1 is 1.14 bits per heavy atom. The van der Waals surface area contributed by atoms with Crippen molar-refractivity contribution >= 4 is 67.4 Å². The van der Waals surface area contributed by atoms with Crippen molar-refractivity contribution in [3.8, 4) is 5.75 Å². The van der Waals surface area contributed by atoms with E-state index in [-0.39, 0.29) is 35.9 Å². The molecule has 0 unspecified atom stereocenters. The average molecular weight is 548 g/mol. The molecule has 3 aromatic rings. The Kier molecular flexibility index (Phi) is 8.86. The maximum Gasteiger partial charge on any atom is 0.341 e. The first kappa shape index (κ1) is 26.4. The molecule has 1 N–H and O–H groups in total. The molecule has 0 fully saturated rings. The van der Waals surface area contributed by atoms with E-state index < -0.39 is 0 Å². The maximum atomic E-state index is 12.6. The van der Waals surface area contributed by atoms with Gasteiger partial charge >= 0.3 is 5.97 Å². The van der Waals surface area contributed by atoms with E-state index in [0.29, 0.717) is 21.9 Å². The van der Waals surface area contributed by atoms with Crippen LogP contribution in [0.25, 0.3) is 10.2 Å². The minimum atomic E-state index is -0.390. The number of aryl methyl sites for hydroxylation is 2. The van der Waals surface area contributed by atoms with Gasteiger partial charge in [0.2, 0.25) is 5.91 Å². The Morgan fingerprint density at radius 2 is 1.94 bits per heavy atom. The molecule has 11 heteroatoms. The number of carbonyl (C=O) groups excluding carboxylic acids is 3. The number of benzene rings is 1. The number of thioether (sulfide) groups is 1. The molecule has 2 amide bonds. The van der Waals surface area contributed by atoms with Crippen LogP contribution < -0.4 is 14.9 Å². The van der Waals surface area contributed by atoms with Crippen molar-refractivity contribution in [3.63, 3.8) is 0 Å². The molecule has 2 heterocycles. The third-order valence-corrected chi connectivity index (χ3v) is 8.95. The van der Waals surface area contributed by atoms with Crippen LogP contribution in [0.5, 0.6) is 5.75 Å². The van der Waals surface area contributed by atoms with Gasteiger partial charge in [0, 0.05) is 11.4 Å². The first-order chi connectivity index (χ1) is 17.4. The predicted octanol–water partition coefficient (Wildman–Crippen LogP) is 4.65. The smallest absolute Gasteiger partial charge is 0.341 e. The number of hydrogen-bond acceptors (Lipinski definition) is 8. The van der Waals surface area contributed by atoms with Crippen LogP contribution in [0.15, 0.2) is 23.2 Å². The monoisotopic (exact) mass is 547 g/mol. The SMILES string of the molecule is CCOC(=O)c1c(NC(=O)CSCC(=O)N=c2sc3cc(OC)ccc3n2CC)sc2c1CCCC2. The molecule has 36 heavy (non-hydrogen) atoms. The van der Waals surface area contributed by atoms with Gasteiger partial charge in [-0.2, -0.15) is 4.99 Å². The number of aromatic nitrogens is 1. The molecule has 1 aliphatic rings. The van der Waals surface area contributed by atoms with Crippen molar-refractivity contribution in [2.45, 2.75) is 46.1 Å². The standard InChI is InChI=1S/C25H29N3O5S3/c1-4-28-17-11-10-15(32-3)12-19(17)36-25(28)27-21(30)14-34-13-20(29)26-23-22(24(31)33-5-2)16-8-6-7-9-18(16)35-23/h10-12H,4-9,13-14H2,1-3H3,(H,26,29). The second-order valence-electron chi connectivity index (χ2n) is 8.14. The average Bonchev–Trinajstić information content (AvgIpc) is 3.40. The quantitative estimate of drug-likeness (QED) is 0.392. The molecule has 0 aliphatic heterocycles. The van der Waals surface area contributed by atoms with Crippen LogP contribution in [0.1, 0.15) is 47.5 Å². The molecule has 1 aromatic carbocycles. The van der Waals surface area contributed by atoms with E-state index >= 15 is 0 Å². The van der Waals surface area contributed by atoms with Crippen LogP contribution in [0, 0.1) is 0 Å². The number of esters is 1. The van der Waals surface area contributed by atoms with Gasteiger partial charge in [0.15, 0.2) is 4.80 Å². The summed E-state index contributed by atoms with van der Waals surface area (Å²) in [4.78, 5) is 43.8. The molecule has 0 bridgehead atoms. The molecule has 8 nitrogen and oxygen atoms in total. The lowest BCUT2D eigenvalue weighted by Gasteiger charge is -2.12. The molecule has 4 rings (SSSR count). The number of methoxy groups -OCH3 is 1. The van der Waals surface area contributed by atoms with Gasteiger partial charge in [0.1, 0.15) is 10.8 Å². The van der Waals surface area contributed by atoms with E-state index in [1.807, 2.05) is 29.7 Å². The van der Waals surface area contributed by atoms with Crippen molar-refractivity contribution < 1.29 is 23.9 Å². The summed E-state index contributed by atoms with van der Waals surface area (Å²) in [7, 11) is 1.62. The number of thiazole rings is 1. The second kappa shape index (κ2) is 12.1. The summed E-state index contributed by atoms with van der Waals surface area (Å²) in [5.41, 5.74) is 2.50. The highest BCUT2D eigenvalue weighted by molar-refractivity contribution is 8.00. The number of thiophene rings is 1. The van der Waals surface area contributed by atoms with Crippen molar-refractivity contribution in [3.05, 3.63) is 39.0 Å². The minimum absolute atomic E-state index is 0.0837. The Morgan fingerprint density at radius 3 is 2.69 bits per heavy atom. The number of nitrogens with one attached hydrogen (secondary N) is 1. The Balaban J connectivity index is 1.40. The lowest BCUT2D eigenvalue weighted by molar-refractivity contribution is -0.115. The molecular weight excluding hydrogens is 518 g/mol. The number of ether oxygens (including phenoxy) is 2. The fraction of sp³-hybridized carbons (Fsp3) is 0.440. The zero-order chi connectivity index (χ0) is 25.7. The van der Waals surface area contributed by atoms with E-state index in [9.17, 15) is 14.4 Å². The summed E-state index contributed by atoms with van der Waals surface area (Å²) in [6, 6.07) is 5.78. The molecule has 0 saturated heterocycles. The van der Waals surface area contributed by atoms with Crippen molar-refractivity contribution in [2.75, 3.05) is 30.5 Å².